The highest BCUT2D eigenvalue weighted by Crippen LogP contribution is 2.62. The fourth-order valence-electron chi connectivity index (χ4n) is 12.1. The van der Waals surface area contributed by atoms with Crippen LogP contribution in [0.4, 0.5) is 17.1 Å². The smallest absolute Gasteiger partial charge is 0.0623 e. The second-order valence-corrected chi connectivity index (χ2v) is 18.0. The van der Waals surface area contributed by atoms with Crippen LogP contribution in [0.1, 0.15) is 68.2 Å². The zero-order chi connectivity index (χ0) is 39.0. The van der Waals surface area contributed by atoms with Gasteiger partial charge in [-0.3, -0.25) is 0 Å². The van der Waals surface area contributed by atoms with Crippen molar-refractivity contribution in [1.29, 1.82) is 0 Å². The molecule has 282 valence electrons. The Bertz CT molecular complexity index is 3230. The number of hydrogen-bond acceptors (Lipinski definition) is 1. The van der Waals surface area contributed by atoms with Crippen molar-refractivity contribution >= 4 is 38.9 Å². The molecule has 1 aliphatic heterocycles. The zero-order valence-electron chi connectivity index (χ0n) is 33.6. The minimum atomic E-state index is -0.0561. The van der Waals surface area contributed by atoms with Crippen LogP contribution in [0.3, 0.4) is 0 Å². The standard InChI is InChI=1S/C57H44N2/c1-56(2)47-22-9-7-19-41(47)45-34-39(25-28-48(45)56)58(38-18-13-17-37(33-38)36-15-5-3-6-16-36)40-26-30-52-46(35-40)44-27-29-50-54-53-43(42-20-8-10-24-51(42)59(52)55(44)54)21-14-23-49(53)57(50)31-11-4-12-32-57/h3,5-10,13-30,33-35H,4,11-12,31-32H2,1-2H3. The minimum absolute atomic E-state index is 0.0561. The van der Waals surface area contributed by atoms with E-state index in [4.69, 9.17) is 0 Å². The molecule has 8 aromatic carbocycles. The van der Waals surface area contributed by atoms with E-state index in [9.17, 15) is 0 Å². The molecule has 0 atom stereocenters. The van der Waals surface area contributed by atoms with Crippen molar-refractivity contribution in [3.63, 3.8) is 0 Å². The molecular formula is C57H44N2. The number of anilines is 3. The molecule has 59 heavy (non-hydrogen) atoms. The molecule has 9 aromatic rings. The molecule has 13 rings (SSSR count). The summed E-state index contributed by atoms with van der Waals surface area (Å²) in [5.74, 6) is 0. The first-order valence-electron chi connectivity index (χ1n) is 21.6. The maximum absolute atomic E-state index is 2.61. The normalized spacial score (nSPS) is 15.9. The van der Waals surface area contributed by atoms with Gasteiger partial charge in [0.2, 0.25) is 0 Å². The summed E-state index contributed by atoms with van der Waals surface area (Å²) in [6, 6.07) is 64.5. The lowest BCUT2D eigenvalue weighted by Crippen LogP contribution is -2.28. The van der Waals surface area contributed by atoms with Crippen LogP contribution in [0.15, 0.2) is 170 Å². The van der Waals surface area contributed by atoms with E-state index in [1.54, 1.807) is 11.1 Å². The molecule has 4 aliphatic rings. The van der Waals surface area contributed by atoms with E-state index in [0.29, 0.717) is 0 Å². The molecule has 0 saturated heterocycles. The molecule has 0 amide bonds. The number of rotatable bonds is 4. The average molecular weight is 757 g/mol. The summed E-state index contributed by atoms with van der Waals surface area (Å²) in [6.45, 7) is 4.73. The Labute approximate surface area is 346 Å². The van der Waals surface area contributed by atoms with E-state index in [0.717, 1.165) is 17.1 Å². The molecule has 2 nitrogen and oxygen atoms in total. The van der Waals surface area contributed by atoms with Gasteiger partial charge >= 0.3 is 0 Å². The third kappa shape index (κ3) is 4.41. The van der Waals surface area contributed by atoms with Crippen LogP contribution in [0.25, 0.3) is 72.0 Å². The highest BCUT2D eigenvalue weighted by molar-refractivity contribution is 6.19. The Balaban J connectivity index is 1.08. The molecule has 0 unspecified atom stereocenters. The van der Waals surface area contributed by atoms with E-state index in [1.165, 1.54) is 115 Å². The van der Waals surface area contributed by atoms with Gasteiger partial charge in [-0.1, -0.05) is 154 Å². The fraction of sp³-hybridized carbons (Fsp3) is 0.158. The van der Waals surface area contributed by atoms with Crippen LogP contribution in [-0.4, -0.2) is 4.57 Å². The highest BCUT2D eigenvalue weighted by atomic mass is 15.1. The number of hydrogen-bond donors (Lipinski definition) is 0. The van der Waals surface area contributed by atoms with Gasteiger partial charge in [-0.25, -0.2) is 0 Å². The Morgan fingerprint density at radius 1 is 0.441 bits per heavy atom. The molecule has 1 spiro atoms. The number of benzene rings is 8. The van der Waals surface area contributed by atoms with Gasteiger partial charge in [0.15, 0.2) is 0 Å². The fourth-order valence-corrected chi connectivity index (χ4v) is 12.1. The van der Waals surface area contributed by atoms with Crippen molar-refractivity contribution in [2.45, 2.75) is 56.8 Å². The topological polar surface area (TPSA) is 8.17 Å². The molecular weight excluding hydrogens is 713 g/mol. The highest BCUT2D eigenvalue weighted by Gasteiger charge is 2.47. The summed E-state index contributed by atoms with van der Waals surface area (Å²) < 4.78 is 2.61. The molecule has 1 saturated carbocycles. The quantitative estimate of drug-likeness (QED) is 0.174. The average Bonchev–Trinajstić information content (AvgIpc) is 3.81. The van der Waals surface area contributed by atoms with E-state index in [2.05, 4.69) is 193 Å². The van der Waals surface area contributed by atoms with Gasteiger partial charge in [-0.05, 0) is 117 Å². The van der Waals surface area contributed by atoms with Crippen molar-refractivity contribution in [2.24, 2.45) is 0 Å². The van der Waals surface area contributed by atoms with Crippen LogP contribution in [0.2, 0.25) is 0 Å². The van der Waals surface area contributed by atoms with Crippen LogP contribution < -0.4 is 4.90 Å². The summed E-state index contributed by atoms with van der Waals surface area (Å²) in [5, 5.41) is 2.62. The lowest BCUT2D eigenvalue weighted by molar-refractivity contribution is 0.353. The van der Waals surface area contributed by atoms with Gasteiger partial charge in [0, 0.05) is 49.8 Å². The van der Waals surface area contributed by atoms with Gasteiger partial charge in [-0.2, -0.15) is 0 Å². The van der Waals surface area contributed by atoms with Crippen molar-refractivity contribution < 1.29 is 0 Å². The van der Waals surface area contributed by atoms with Crippen LogP contribution in [0, 0.1) is 0 Å². The zero-order valence-corrected chi connectivity index (χ0v) is 33.6. The molecule has 0 N–H and O–H groups in total. The third-order valence-corrected chi connectivity index (χ3v) is 14.7. The predicted octanol–water partition coefficient (Wildman–Crippen LogP) is 15.4. The third-order valence-electron chi connectivity index (χ3n) is 14.7. The van der Waals surface area contributed by atoms with Crippen molar-refractivity contribution in [2.75, 3.05) is 4.90 Å². The summed E-state index contributed by atoms with van der Waals surface area (Å²) in [6.07, 6.45) is 6.37. The predicted molar refractivity (Wildman–Crippen MR) is 247 cm³/mol. The van der Waals surface area contributed by atoms with E-state index in [-0.39, 0.29) is 10.8 Å². The molecule has 0 bridgehead atoms. The summed E-state index contributed by atoms with van der Waals surface area (Å²) in [7, 11) is 0. The summed E-state index contributed by atoms with van der Waals surface area (Å²) >= 11 is 0. The Morgan fingerprint density at radius 2 is 1.08 bits per heavy atom. The van der Waals surface area contributed by atoms with Gasteiger partial charge in [-0.15, -0.1) is 0 Å². The maximum atomic E-state index is 2.61. The first-order chi connectivity index (χ1) is 29.0. The second-order valence-electron chi connectivity index (χ2n) is 18.0. The molecule has 2 heteroatoms. The number of para-hydroxylation sites is 1. The number of aromatic nitrogens is 1. The first kappa shape index (κ1) is 33.3. The van der Waals surface area contributed by atoms with E-state index >= 15 is 0 Å². The number of fused-ring (bicyclic) bond motifs is 11. The van der Waals surface area contributed by atoms with Gasteiger partial charge < -0.3 is 9.47 Å². The molecule has 1 fully saturated rings. The molecule has 3 aliphatic carbocycles. The molecule has 2 heterocycles. The molecule has 0 radical (unpaired) electrons. The van der Waals surface area contributed by atoms with Gasteiger partial charge in [0.25, 0.3) is 0 Å². The Hall–Kier alpha value is -6.64. The van der Waals surface area contributed by atoms with Crippen LogP contribution in [-0.2, 0) is 10.8 Å². The molecule has 1 aromatic heterocycles. The summed E-state index contributed by atoms with van der Waals surface area (Å²) in [5.41, 5.74) is 24.0. The van der Waals surface area contributed by atoms with Crippen molar-refractivity contribution in [3.8, 4) is 50.2 Å². The van der Waals surface area contributed by atoms with E-state index in [1.807, 2.05) is 0 Å². The van der Waals surface area contributed by atoms with Gasteiger partial charge in [0.05, 0.1) is 16.7 Å². The Morgan fingerprint density at radius 3 is 1.97 bits per heavy atom. The lowest BCUT2D eigenvalue weighted by atomic mass is 9.67. The monoisotopic (exact) mass is 756 g/mol. The van der Waals surface area contributed by atoms with Gasteiger partial charge in [0.1, 0.15) is 0 Å². The first-order valence-corrected chi connectivity index (χ1v) is 21.6. The van der Waals surface area contributed by atoms with E-state index < -0.39 is 0 Å². The van der Waals surface area contributed by atoms with Crippen molar-refractivity contribution in [3.05, 3.63) is 192 Å². The Kier molecular flexibility index (Phi) is 6.76. The van der Waals surface area contributed by atoms with Crippen molar-refractivity contribution in [1.82, 2.24) is 4.57 Å². The largest absolute Gasteiger partial charge is 0.310 e. The second kappa shape index (κ2) is 12.0. The lowest BCUT2D eigenvalue weighted by Gasteiger charge is -2.36. The SMILES string of the molecule is CC1(C)c2ccccc2-c2cc(N(c3cccc(-c4ccccc4)c3)c3ccc4c(c3)c3ccc5c6c3n4-c3ccccc3-c3cccc(c3-6)C53CCCCC3)ccc21. The maximum Gasteiger partial charge on any atom is 0.0623 e. The number of nitrogens with zero attached hydrogens (tertiary/aromatic N) is 2. The van der Waals surface area contributed by atoms with Crippen LogP contribution >= 0.6 is 0 Å². The van der Waals surface area contributed by atoms with Crippen LogP contribution in [0.5, 0.6) is 0 Å². The summed E-state index contributed by atoms with van der Waals surface area (Å²) in [4.78, 5) is 2.49. The minimum Gasteiger partial charge on any atom is -0.310 e.